The lowest BCUT2D eigenvalue weighted by atomic mass is 9.94. The number of nitrogens with zero attached hydrogens (tertiary/aromatic N) is 1. The van der Waals surface area contributed by atoms with E-state index in [1.165, 1.54) is 13.8 Å². The molecular formula is C61H104N16O14. The predicted molar refractivity (Wildman–Crippen MR) is 340 cm³/mol. The van der Waals surface area contributed by atoms with Crippen LogP contribution in [0.4, 0.5) is 0 Å². The van der Waals surface area contributed by atoms with E-state index in [0.717, 1.165) is 5.56 Å². The number of rotatable bonds is 37. The second-order valence-electron chi connectivity index (χ2n) is 23.5. The molecule has 1 saturated heterocycles. The van der Waals surface area contributed by atoms with Crippen LogP contribution < -0.4 is 81.4 Å². The van der Waals surface area contributed by atoms with Gasteiger partial charge in [0.1, 0.15) is 66.5 Å². The number of aliphatic hydroxyl groups excluding tert-OH is 1. The van der Waals surface area contributed by atoms with E-state index in [1.54, 1.807) is 55.5 Å². The number of carbonyl (C=O) groups is 12. The van der Waals surface area contributed by atoms with Crippen molar-refractivity contribution in [3.63, 3.8) is 0 Å². The Morgan fingerprint density at radius 2 is 1.11 bits per heavy atom. The first kappa shape index (κ1) is 79.1. The van der Waals surface area contributed by atoms with Crippen LogP contribution in [-0.4, -0.2) is 181 Å². The van der Waals surface area contributed by atoms with Crippen LogP contribution in [0.1, 0.15) is 145 Å². The first-order valence-electron chi connectivity index (χ1n) is 31.6. The summed E-state index contributed by atoms with van der Waals surface area (Å²) < 4.78 is 5.72. The van der Waals surface area contributed by atoms with Gasteiger partial charge in [0, 0.05) is 13.0 Å². The number of nitrogens with two attached hydrogens (primary N) is 4. The van der Waals surface area contributed by atoms with Crippen LogP contribution in [-0.2, 0) is 68.7 Å². The van der Waals surface area contributed by atoms with Crippen molar-refractivity contribution in [2.75, 3.05) is 26.7 Å². The Labute approximate surface area is 534 Å². The van der Waals surface area contributed by atoms with Crippen molar-refractivity contribution >= 4 is 76.9 Å². The van der Waals surface area contributed by atoms with Crippen molar-refractivity contribution in [1.29, 1.82) is 0 Å². The molecule has 91 heavy (non-hydrogen) atoms. The standard InChI is InChI=1S/C61H104N16O14/c1-12-32(5)45(74-54(84)42(66-11)30-38-22-17-16-18-23-38)56(86)71-39(24-19-20-28-62)51(81)70-41(26-27-44(63)79)53(83)73-47(34(7)14-3)58(88)75-46(33(6)13-2)57(87)72-43(31-78)55(85)77-49-37(10)91-60(90)48(35(8)15-4)76-52(82)40(25-21-29-67-61(64)65)69-50(80)36(9)68-59(49)89/h16-18,22-23,32-37,39-43,45-49,66,78H,12-15,19-21,24-31,62H2,1-11H3,(H2,63,79)(H,68,89)(H,69,80)(H,70,81)(H,71,86)(H,72,87)(H,73,83)(H,74,84)(H,75,88)(H,76,82)(H,77,85)(H4,64,65,67)/t32-,33-,34-,35-,36-,37-,39-,40-,41+,42+,43-,45-,46-,47+,48-,49+/m0/s1. The van der Waals surface area contributed by atoms with Gasteiger partial charge in [0.2, 0.25) is 65.0 Å². The number of cyclic esters (lactones) is 1. The Hall–Kier alpha value is -7.99. The van der Waals surface area contributed by atoms with E-state index in [4.69, 9.17) is 27.7 Å². The molecular weight excluding hydrogens is 1180 g/mol. The number of ether oxygens (including phenoxy) is 1. The summed E-state index contributed by atoms with van der Waals surface area (Å²) in [4.78, 5) is 171. The molecule has 16 atom stereocenters. The number of hydrogen-bond acceptors (Lipinski definition) is 17. The minimum absolute atomic E-state index is 0.0280. The summed E-state index contributed by atoms with van der Waals surface area (Å²) in [6.45, 7) is 15.7. The average Bonchev–Trinajstić information content (AvgIpc) is 1.97. The van der Waals surface area contributed by atoms with E-state index in [0.29, 0.717) is 32.1 Å². The van der Waals surface area contributed by atoms with Crippen LogP contribution in [0.5, 0.6) is 0 Å². The Kier molecular flexibility index (Phi) is 35.4. The molecule has 0 bridgehead atoms. The van der Waals surface area contributed by atoms with E-state index in [9.17, 15) is 62.6 Å². The third-order valence-corrected chi connectivity index (χ3v) is 16.5. The fourth-order valence-corrected chi connectivity index (χ4v) is 9.67. The molecule has 0 saturated carbocycles. The van der Waals surface area contributed by atoms with Gasteiger partial charge in [-0.2, -0.15) is 0 Å². The summed E-state index contributed by atoms with van der Waals surface area (Å²) in [7, 11) is 1.63. The van der Waals surface area contributed by atoms with Crippen LogP contribution in [0.2, 0.25) is 0 Å². The minimum Gasteiger partial charge on any atom is -0.458 e. The summed E-state index contributed by atoms with van der Waals surface area (Å²) in [5, 5.41) is 39.8. The molecule has 20 N–H and O–H groups in total. The number of unbranched alkanes of at least 4 members (excludes halogenated alkanes) is 1. The summed E-state index contributed by atoms with van der Waals surface area (Å²) in [6, 6.07) is -5.57. The first-order valence-corrected chi connectivity index (χ1v) is 31.6. The topological polar surface area (TPSA) is 483 Å². The Balaban J connectivity index is 2.46. The molecule has 0 aromatic heterocycles. The number of aliphatic imine (C=N–C) groups is 1. The monoisotopic (exact) mass is 1280 g/mol. The van der Waals surface area contributed by atoms with Crippen molar-refractivity contribution in [3.05, 3.63) is 35.9 Å². The molecule has 0 unspecified atom stereocenters. The quantitative estimate of drug-likeness (QED) is 0.0139. The van der Waals surface area contributed by atoms with Crippen molar-refractivity contribution in [2.24, 2.45) is 51.6 Å². The summed E-state index contributed by atoms with van der Waals surface area (Å²) in [6.07, 6.45) is 0.624. The van der Waals surface area contributed by atoms with Gasteiger partial charge < -0.3 is 91.3 Å². The highest BCUT2D eigenvalue weighted by molar-refractivity contribution is 5.99. The van der Waals surface area contributed by atoms with Crippen LogP contribution in [0.3, 0.4) is 0 Å². The Bertz CT molecular complexity index is 2610. The van der Waals surface area contributed by atoms with Crippen molar-refractivity contribution in [3.8, 4) is 0 Å². The molecule has 0 spiro atoms. The number of guanidine groups is 1. The van der Waals surface area contributed by atoms with Gasteiger partial charge >= 0.3 is 5.97 Å². The second-order valence-corrected chi connectivity index (χ2v) is 23.5. The van der Waals surface area contributed by atoms with Crippen LogP contribution in [0, 0.1) is 23.7 Å². The second kappa shape index (κ2) is 40.7. The van der Waals surface area contributed by atoms with Gasteiger partial charge in [-0.05, 0) is 102 Å². The van der Waals surface area contributed by atoms with Gasteiger partial charge in [-0.25, -0.2) is 4.79 Å². The zero-order valence-corrected chi connectivity index (χ0v) is 54.7. The fraction of sp³-hybridized carbons (Fsp3) is 0.689. The van der Waals surface area contributed by atoms with Crippen molar-refractivity contribution in [1.82, 2.24) is 58.5 Å². The van der Waals surface area contributed by atoms with Crippen molar-refractivity contribution in [2.45, 2.75) is 219 Å². The van der Waals surface area contributed by atoms with E-state index in [2.05, 4.69) is 63.5 Å². The highest BCUT2D eigenvalue weighted by atomic mass is 16.5. The van der Waals surface area contributed by atoms with E-state index < -0.39 is 180 Å². The molecule has 1 aliphatic heterocycles. The Morgan fingerprint density at radius 3 is 1.62 bits per heavy atom. The zero-order valence-electron chi connectivity index (χ0n) is 54.7. The maximum Gasteiger partial charge on any atom is 0.329 e. The normalized spacial score (nSPS) is 20.7. The molecule has 1 heterocycles. The first-order chi connectivity index (χ1) is 43.0. The molecule has 11 amide bonds. The van der Waals surface area contributed by atoms with E-state index >= 15 is 0 Å². The van der Waals surface area contributed by atoms with Gasteiger partial charge in [-0.1, -0.05) is 111 Å². The molecule has 30 nitrogen and oxygen atoms in total. The van der Waals surface area contributed by atoms with Gasteiger partial charge in [0.15, 0.2) is 5.96 Å². The maximum absolute atomic E-state index is 14.5. The van der Waals surface area contributed by atoms with E-state index in [-0.39, 0.29) is 57.6 Å². The highest BCUT2D eigenvalue weighted by Gasteiger charge is 2.41. The van der Waals surface area contributed by atoms with Crippen LogP contribution in [0.25, 0.3) is 0 Å². The maximum atomic E-state index is 14.5. The number of aliphatic hydroxyl groups is 1. The number of carbonyl (C=O) groups excluding carboxylic acids is 12. The molecule has 0 aliphatic carbocycles. The molecule has 1 fully saturated rings. The van der Waals surface area contributed by atoms with Crippen LogP contribution in [0.15, 0.2) is 35.3 Å². The number of benzene rings is 1. The van der Waals surface area contributed by atoms with Gasteiger partial charge in [0.25, 0.3) is 0 Å². The lowest BCUT2D eigenvalue weighted by Gasteiger charge is -2.31. The largest absolute Gasteiger partial charge is 0.458 e. The molecule has 30 heteroatoms. The number of esters is 1. The third kappa shape index (κ3) is 26.4. The molecule has 2 rings (SSSR count). The molecule has 512 valence electrons. The highest BCUT2D eigenvalue weighted by Crippen LogP contribution is 2.18. The number of primary amides is 1. The molecule has 1 aromatic carbocycles. The number of hydrogen-bond donors (Lipinski definition) is 16. The summed E-state index contributed by atoms with van der Waals surface area (Å²) >= 11 is 0. The summed E-state index contributed by atoms with van der Waals surface area (Å²) in [5.41, 5.74) is 23.1. The van der Waals surface area contributed by atoms with Gasteiger partial charge in [0.05, 0.1) is 12.6 Å². The van der Waals surface area contributed by atoms with Gasteiger partial charge in [-0.15, -0.1) is 0 Å². The summed E-state index contributed by atoms with van der Waals surface area (Å²) in [5.74, 6) is -12.7. The fourth-order valence-electron chi connectivity index (χ4n) is 9.67. The van der Waals surface area contributed by atoms with Crippen LogP contribution >= 0.6 is 0 Å². The van der Waals surface area contributed by atoms with Crippen molar-refractivity contribution < 1.29 is 67.4 Å². The molecule has 0 radical (unpaired) electrons. The Morgan fingerprint density at radius 1 is 0.604 bits per heavy atom. The smallest absolute Gasteiger partial charge is 0.329 e. The third-order valence-electron chi connectivity index (χ3n) is 16.5. The van der Waals surface area contributed by atoms with Gasteiger partial charge in [-0.3, -0.25) is 57.7 Å². The predicted octanol–water partition coefficient (Wildman–Crippen LogP) is -2.74. The lowest BCUT2D eigenvalue weighted by molar-refractivity contribution is -0.157. The van der Waals surface area contributed by atoms with E-state index in [1.807, 2.05) is 37.3 Å². The SMILES string of the molecule is CC[C@H](C)[C@H](NC(=O)[C@@H](Cc1ccccc1)NC)C(=O)N[C@@H](CCCCN)C(=O)N[C@H](CCC(N)=O)C(=O)N[C@@H](C(=O)N[C@H](C(=O)N[C@@H](CO)C(=O)N[C@H]1C(=O)N[C@@H](C)C(=O)N[C@@H](CCCN=C(N)N)C(=O)N[C@@H]([C@@H](C)CC)C(=O)O[C@H]1C)[C@@H](C)CC)[C@@H](C)CC. The molecule has 1 aromatic rings. The molecule has 1 aliphatic rings. The zero-order chi connectivity index (χ0) is 68.7. The minimum atomic E-state index is -1.82. The number of likely N-dealkylation sites (N-methyl/N-ethyl adjacent to an activating group) is 1. The number of amides is 11. The average molecular weight is 1290 g/mol. The number of nitrogens with one attached hydrogen (secondary N) is 11. The lowest BCUT2D eigenvalue weighted by Crippen LogP contribution is -2.63.